The van der Waals surface area contributed by atoms with Crippen molar-refractivity contribution in [2.24, 2.45) is 11.8 Å². The summed E-state index contributed by atoms with van der Waals surface area (Å²) in [6.07, 6.45) is 6.22. The van der Waals surface area contributed by atoms with Crippen LogP contribution in [0.3, 0.4) is 0 Å². The summed E-state index contributed by atoms with van der Waals surface area (Å²) in [6, 6.07) is 11.8. The standard InChI is InChI=1S/C25H32N2O3/c1-17-9-11-19(12-10-17)26-24(28)18-6-5-15-27(16-18)25(29)22-13-14-23(30-2)21-8-4-3-7-20(21)22/h3-4,7-8,13-14,17-19H,5-6,9-12,15-16H2,1-2H3,(H,26,28). The summed E-state index contributed by atoms with van der Waals surface area (Å²) in [5.41, 5.74) is 0.675. The van der Waals surface area contributed by atoms with E-state index in [1.807, 2.05) is 41.3 Å². The smallest absolute Gasteiger partial charge is 0.254 e. The summed E-state index contributed by atoms with van der Waals surface area (Å²) in [5, 5.41) is 5.09. The number of amides is 2. The molecular formula is C25H32N2O3. The molecule has 0 spiro atoms. The number of rotatable bonds is 4. The van der Waals surface area contributed by atoms with Crippen LogP contribution in [0.4, 0.5) is 0 Å². The van der Waals surface area contributed by atoms with Crippen molar-refractivity contribution in [3.05, 3.63) is 42.0 Å². The zero-order valence-corrected chi connectivity index (χ0v) is 18.0. The molecule has 2 aliphatic rings. The summed E-state index contributed by atoms with van der Waals surface area (Å²) >= 11 is 0. The fraction of sp³-hybridized carbons (Fsp3) is 0.520. The lowest BCUT2D eigenvalue weighted by atomic mass is 9.87. The first kappa shape index (κ1) is 20.7. The lowest BCUT2D eigenvalue weighted by molar-refractivity contribution is -0.127. The van der Waals surface area contributed by atoms with Crippen LogP contribution in [0.5, 0.6) is 5.75 Å². The first-order valence-corrected chi connectivity index (χ1v) is 11.2. The number of ether oxygens (including phenoxy) is 1. The molecule has 4 rings (SSSR count). The van der Waals surface area contributed by atoms with Crippen LogP contribution in [0.15, 0.2) is 36.4 Å². The van der Waals surface area contributed by atoms with Crippen LogP contribution in [0, 0.1) is 11.8 Å². The van der Waals surface area contributed by atoms with Gasteiger partial charge in [-0.15, -0.1) is 0 Å². The van der Waals surface area contributed by atoms with Gasteiger partial charge in [-0.1, -0.05) is 31.2 Å². The molecule has 1 saturated heterocycles. The highest BCUT2D eigenvalue weighted by atomic mass is 16.5. The van der Waals surface area contributed by atoms with E-state index >= 15 is 0 Å². The first-order chi connectivity index (χ1) is 14.6. The number of carbonyl (C=O) groups excluding carboxylic acids is 2. The molecule has 160 valence electrons. The molecule has 2 fully saturated rings. The van der Waals surface area contributed by atoms with Gasteiger partial charge in [-0.3, -0.25) is 9.59 Å². The molecule has 1 unspecified atom stereocenters. The number of hydrogen-bond acceptors (Lipinski definition) is 3. The Morgan fingerprint density at radius 2 is 1.73 bits per heavy atom. The number of carbonyl (C=O) groups is 2. The van der Waals surface area contributed by atoms with Crippen LogP contribution in [0.2, 0.25) is 0 Å². The van der Waals surface area contributed by atoms with E-state index in [1.165, 1.54) is 12.8 Å². The molecule has 0 radical (unpaired) electrons. The van der Waals surface area contributed by atoms with E-state index in [-0.39, 0.29) is 17.7 Å². The Labute approximate surface area is 178 Å². The van der Waals surface area contributed by atoms with Crippen molar-refractivity contribution < 1.29 is 14.3 Å². The van der Waals surface area contributed by atoms with Crippen LogP contribution in [-0.4, -0.2) is 43.0 Å². The van der Waals surface area contributed by atoms with Crippen molar-refractivity contribution in [2.75, 3.05) is 20.2 Å². The van der Waals surface area contributed by atoms with E-state index < -0.39 is 0 Å². The summed E-state index contributed by atoms with van der Waals surface area (Å²) in [4.78, 5) is 28.1. The molecule has 2 amide bonds. The average molecular weight is 409 g/mol. The van der Waals surface area contributed by atoms with Crippen LogP contribution in [0.25, 0.3) is 10.8 Å². The Morgan fingerprint density at radius 3 is 2.47 bits per heavy atom. The second-order valence-electron chi connectivity index (χ2n) is 8.92. The lowest BCUT2D eigenvalue weighted by Gasteiger charge is -2.34. The number of nitrogens with zero attached hydrogens (tertiary/aromatic N) is 1. The fourth-order valence-corrected chi connectivity index (χ4v) is 4.91. The quantitative estimate of drug-likeness (QED) is 0.816. The Hall–Kier alpha value is -2.56. The number of benzene rings is 2. The lowest BCUT2D eigenvalue weighted by Crippen LogP contribution is -2.48. The van der Waals surface area contributed by atoms with Gasteiger partial charge in [0.25, 0.3) is 5.91 Å². The third-order valence-electron chi connectivity index (χ3n) is 6.78. The Morgan fingerprint density at radius 1 is 1.00 bits per heavy atom. The third-order valence-corrected chi connectivity index (χ3v) is 6.78. The number of likely N-dealkylation sites (tertiary alicyclic amines) is 1. The minimum atomic E-state index is -0.119. The van der Waals surface area contributed by atoms with Gasteiger partial charge >= 0.3 is 0 Å². The van der Waals surface area contributed by atoms with E-state index in [2.05, 4.69) is 12.2 Å². The van der Waals surface area contributed by atoms with Gasteiger partial charge in [0.2, 0.25) is 5.91 Å². The predicted octanol–water partition coefficient (Wildman–Crippen LogP) is 4.40. The van der Waals surface area contributed by atoms with Gasteiger partial charge in [-0.2, -0.15) is 0 Å². The van der Waals surface area contributed by atoms with E-state index in [1.54, 1.807) is 7.11 Å². The third kappa shape index (κ3) is 4.30. The summed E-state index contributed by atoms with van der Waals surface area (Å²) < 4.78 is 5.46. The minimum absolute atomic E-state index is 0.00200. The van der Waals surface area contributed by atoms with E-state index in [0.717, 1.165) is 48.1 Å². The molecule has 2 aromatic carbocycles. The maximum atomic E-state index is 13.4. The molecule has 2 aromatic rings. The largest absolute Gasteiger partial charge is 0.496 e. The number of piperidine rings is 1. The van der Waals surface area contributed by atoms with Crippen molar-refractivity contribution in [3.63, 3.8) is 0 Å². The second-order valence-corrected chi connectivity index (χ2v) is 8.92. The first-order valence-electron chi connectivity index (χ1n) is 11.2. The summed E-state index contributed by atoms with van der Waals surface area (Å²) in [7, 11) is 1.64. The van der Waals surface area contributed by atoms with Crippen LogP contribution in [-0.2, 0) is 4.79 Å². The van der Waals surface area contributed by atoms with Crippen LogP contribution >= 0.6 is 0 Å². The fourth-order valence-electron chi connectivity index (χ4n) is 4.91. The molecular weight excluding hydrogens is 376 g/mol. The van der Waals surface area contributed by atoms with Crippen molar-refractivity contribution in [3.8, 4) is 5.75 Å². The number of hydrogen-bond donors (Lipinski definition) is 1. The van der Waals surface area contributed by atoms with Crippen LogP contribution in [0.1, 0.15) is 55.8 Å². The van der Waals surface area contributed by atoms with E-state index in [0.29, 0.717) is 24.7 Å². The molecule has 5 heteroatoms. The molecule has 1 aliphatic heterocycles. The molecule has 1 N–H and O–H groups in total. The molecule has 1 atom stereocenters. The Balaban J connectivity index is 1.46. The normalized spacial score (nSPS) is 24.5. The molecule has 0 aromatic heterocycles. The van der Waals surface area contributed by atoms with Gasteiger partial charge in [0.1, 0.15) is 5.75 Å². The monoisotopic (exact) mass is 408 g/mol. The van der Waals surface area contributed by atoms with Gasteiger partial charge in [0.05, 0.1) is 13.0 Å². The van der Waals surface area contributed by atoms with Crippen LogP contribution < -0.4 is 10.1 Å². The summed E-state index contributed by atoms with van der Waals surface area (Å²) in [6.45, 7) is 3.48. The van der Waals surface area contributed by atoms with Crippen molar-refractivity contribution in [1.82, 2.24) is 10.2 Å². The number of fused-ring (bicyclic) bond motifs is 1. The zero-order valence-electron chi connectivity index (χ0n) is 18.0. The highest BCUT2D eigenvalue weighted by Gasteiger charge is 2.31. The average Bonchev–Trinajstić information content (AvgIpc) is 2.79. The zero-order chi connectivity index (χ0) is 21.1. The minimum Gasteiger partial charge on any atom is -0.496 e. The SMILES string of the molecule is COc1ccc(C(=O)N2CCCC(C(=O)NC3CCC(C)CC3)C2)c2ccccc12. The number of methoxy groups -OCH3 is 1. The van der Waals surface area contributed by atoms with Gasteiger partial charge in [0.15, 0.2) is 0 Å². The number of nitrogens with one attached hydrogen (secondary N) is 1. The topological polar surface area (TPSA) is 58.6 Å². The highest BCUT2D eigenvalue weighted by Crippen LogP contribution is 2.30. The molecule has 1 aliphatic carbocycles. The second kappa shape index (κ2) is 9.07. The van der Waals surface area contributed by atoms with Gasteiger partial charge in [-0.25, -0.2) is 0 Å². The molecule has 30 heavy (non-hydrogen) atoms. The van der Waals surface area contributed by atoms with Crippen molar-refractivity contribution in [2.45, 2.75) is 51.5 Å². The van der Waals surface area contributed by atoms with E-state index in [4.69, 9.17) is 4.74 Å². The van der Waals surface area contributed by atoms with E-state index in [9.17, 15) is 9.59 Å². The highest BCUT2D eigenvalue weighted by molar-refractivity contribution is 6.08. The van der Waals surface area contributed by atoms with Gasteiger partial charge in [-0.05, 0) is 62.0 Å². The maximum absolute atomic E-state index is 13.4. The van der Waals surface area contributed by atoms with Crippen molar-refractivity contribution >= 4 is 22.6 Å². The molecule has 5 nitrogen and oxygen atoms in total. The predicted molar refractivity (Wildman–Crippen MR) is 119 cm³/mol. The molecule has 1 saturated carbocycles. The Kier molecular flexibility index (Phi) is 6.26. The summed E-state index contributed by atoms with van der Waals surface area (Å²) in [5.74, 6) is 1.52. The van der Waals surface area contributed by atoms with Crippen molar-refractivity contribution in [1.29, 1.82) is 0 Å². The van der Waals surface area contributed by atoms with Gasteiger partial charge < -0.3 is 15.0 Å². The van der Waals surface area contributed by atoms with Gasteiger partial charge in [0, 0.05) is 30.1 Å². The Bertz CT molecular complexity index is 918. The maximum Gasteiger partial charge on any atom is 0.254 e. The molecule has 0 bridgehead atoms. The molecule has 1 heterocycles.